The topological polar surface area (TPSA) is 24.8 Å². The fraction of sp³-hybridized carbons (Fsp3) is 0.550. The molecule has 0 aromatic heterocycles. The smallest absolute Gasteiger partial charge is 0.0998 e. The van der Waals surface area contributed by atoms with E-state index in [1.807, 2.05) is 0 Å². The Morgan fingerprint density at radius 3 is 2.74 bits per heavy atom. The van der Waals surface area contributed by atoms with Gasteiger partial charge in [-0.15, -0.1) is 0 Å². The van der Waals surface area contributed by atoms with Crippen molar-refractivity contribution in [1.29, 1.82) is 0 Å². The molecule has 1 aromatic carbocycles. The molecule has 0 N–H and O–H groups in total. The van der Waals surface area contributed by atoms with Gasteiger partial charge >= 0.3 is 0 Å². The molecule has 120 valence electrons. The molecule has 3 heteroatoms. The highest BCUT2D eigenvalue weighted by Crippen LogP contribution is 2.60. The van der Waals surface area contributed by atoms with Crippen LogP contribution in [0.2, 0.25) is 0 Å². The molecule has 2 fully saturated rings. The highest BCUT2D eigenvalue weighted by Gasteiger charge is 2.58. The van der Waals surface area contributed by atoms with Crippen molar-refractivity contribution in [1.82, 2.24) is 4.90 Å². The van der Waals surface area contributed by atoms with E-state index in [-0.39, 0.29) is 5.54 Å². The highest BCUT2D eigenvalue weighted by molar-refractivity contribution is 5.85. The minimum absolute atomic E-state index is 0.119. The minimum atomic E-state index is 0.119. The number of hydrogen-bond donors (Lipinski definition) is 0. The third-order valence-corrected chi connectivity index (χ3v) is 6.35. The van der Waals surface area contributed by atoms with Crippen LogP contribution in [0, 0.1) is 11.8 Å². The number of allylic oxidation sites excluding steroid dienone is 1. The van der Waals surface area contributed by atoms with E-state index >= 15 is 0 Å². The van der Waals surface area contributed by atoms with E-state index in [0.717, 1.165) is 32.7 Å². The molecule has 1 spiro atoms. The lowest BCUT2D eigenvalue weighted by atomic mass is 9.71. The molecule has 2 bridgehead atoms. The van der Waals surface area contributed by atoms with Gasteiger partial charge in [0, 0.05) is 31.3 Å². The van der Waals surface area contributed by atoms with Crippen molar-refractivity contribution < 1.29 is 4.74 Å². The van der Waals surface area contributed by atoms with Gasteiger partial charge in [-0.25, -0.2) is 0 Å². The first-order valence-electron chi connectivity index (χ1n) is 9.01. The lowest BCUT2D eigenvalue weighted by Crippen LogP contribution is -2.40. The Labute approximate surface area is 138 Å². The van der Waals surface area contributed by atoms with Gasteiger partial charge in [-0.2, -0.15) is 0 Å². The van der Waals surface area contributed by atoms with Gasteiger partial charge in [0.2, 0.25) is 0 Å². The van der Waals surface area contributed by atoms with Gasteiger partial charge < -0.3 is 9.64 Å². The molecule has 4 unspecified atom stereocenters. The first kappa shape index (κ1) is 13.8. The van der Waals surface area contributed by atoms with Gasteiger partial charge in [-0.05, 0) is 24.3 Å². The van der Waals surface area contributed by atoms with Crippen LogP contribution in [0.3, 0.4) is 0 Å². The van der Waals surface area contributed by atoms with Crippen molar-refractivity contribution in [3.05, 3.63) is 48.0 Å². The molecular weight excluding hydrogens is 284 g/mol. The SMILES string of the molecule is C1=CC2CC1C(c1ccccc1)C21CCC(N2CCOCC2)=N1. The fourth-order valence-electron chi connectivity index (χ4n) is 5.35. The zero-order valence-electron chi connectivity index (χ0n) is 13.5. The molecule has 2 heterocycles. The molecule has 3 nitrogen and oxygen atoms in total. The molecule has 23 heavy (non-hydrogen) atoms. The van der Waals surface area contributed by atoms with Crippen LogP contribution in [0.4, 0.5) is 0 Å². The van der Waals surface area contributed by atoms with Crippen molar-refractivity contribution in [2.75, 3.05) is 26.3 Å². The van der Waals surface area contributed by atoms with Crippen LogP contribution in [-0.4, -0.2) is 42.6 Å². The van der Waals surface area contributed by atoms with Gasteiger partial charge in [0.15, 0.2) is 0 Å². The van der Waals surface area contributed by atoms with Crippen molar-refractivity contribution in [2.24, 2.45) is 16.8 Å². The summed E-state index contributed by atoms with van der Waals surface area (Å²) in [4.78, 5) is 7.89. The molecule has 4 atom stereocenters. The number of ether oxygens (including phenoxy) is 1. The summed E-state index contributed by atoms with van der Waals surface area (Å²) in [5, 5.41) is 0. The Morgan fingerprint density at radius 1 is 1.09 bits per heavy atom. The summed E-state index contributed by atoms with van der Waals surface area (Å²) in [6, 6.07) is 11.1. The molecule has 0 amide bonds. The zero-order chi connectivity index (χ0) is 15.3. The summed E-state index contributed by atoms with van der Waals surface area (Å²) in [6.45, 7) is 3.71. The number of nitrogens with zero attached hydrogens (tertiary/aromatic N) is 2. The van der Waals surface area contributed by atoms with Crippen LogP contribution in [0.1, 0.15) is 30.7 Å². The van der Waals surface area contributed by atoms with Gasteiger partial charge in [-0.1, -0.05) is 42.5 Å². The summed E-state index contributed by atoms with van der Waals surface area (Å²) >= 11 is 0. The number of benzene rings is 1. The first-order chi connectivity index (χ1) is 11.4. The van der Waals surface area contributed by atoms with Crippen molar-refractivity contribution in [2.45, 2.75) is 30.7 Å². The first-order valence-corrected chi connectivity index (χ1v) is 9.01. The molecule has 5 rings (SSSR count). The maximum atomic E-state index is 5.51. The van der Waals surface area contributed by atoms with Crippen LogP contribution >= 0.6 is 0 Å². The summed E-state index contributed by atoms with van der Waals surface area (Å²) in [6.07, 6.45) is 8.55. The highest BCUT2D eigenvalue weighted by atomic mass is 16.5. The average Bonchev–Trinajstić information content (AvgIpc) is 3.32. The van der Waals surface area contributed by atoms with E-state index in [9.17, 15) is 0 Å². The third kappa shape index (κ3) is 2.02. The second-order valence-corrected chi connectivity index (χ2v) is 7.40. The Balaban J connectivity index is 1.52. The molecule has 2 aliphatic heterocycles. The maximum Gasteiger partial charge on any atom is 0.0998 e. The quantitative estimate of drug-likeness (QED) is 0.744. The second-order valence-electron chi connectivity index (χ2n) is 7.40. The fourth-order valence-corrected chi connectivity index (χ4v) is 5.35. The summed E-state index contributed by atoms with van der Waals surface area (Å²) in [5.74, 6) is 3.22. The van der Waals surface area contributed by atoms with E-state index in [4.69, 9.17) is 9.73 Å². The number of amidine groups is 1. The monoisotopic (exact) mass is 308 g/mol. The normalized spacial score (nSPS) is 38.5. The number of aliphatic imine (C=N–C) groups is 1. The average molecular weight is 308 g/mol. The van der Waals surface area contributed by atoms with Crippen LogP contribution in [0.5, 0.6) is 0 Å². The van der Waals surface area contributed by atoms with Crippen LogP contribution in [0.25, 0.3) is 0 Å². The molecule has 1 saturated carbocycles. The Morgan fingerprint density at radius 2 is 1.91 bits per heavy atom. The summed E-state index contributed by atoms with van der Waals surface area (Å²) in [5.41, 5.74) is 1.60. The van der Waals surface area contributed by atoms with Gasteiger partial charge in [0.25, 0.3) is 0 Å². The second kappa shape index (κ2) is 5.20. The number of morpholine rings is 1. The van der Waals surface area contributed by atoms with Crippen LogP contribution < -0.4 is 0 Å². The van der Waals surface area contributed by atoms with Gasteiger partial charge in [0.1, 0.15) is 0 Å². The van der Waals surface area contributed by atoms with Crippen LogP contribution in [-0.2, 0) is 4.74 Å². The van der Waals surface area contributed by atoms with E-state index in [1.165, 1.54) is 24.2 Å². The van der Waals surface area contributed by atoms with Crippen molar-refractivity contribution >= 4 is 5.84 Å². The standard InChI is InChI=1S/C20H24N2O/c1-2-4-15(5-3-1)19-16-6-7-17(14-16)20(19)9-8-18(21-20)22-10-12-23-13-11-22/h1-7,16-17,19H,8-14H2. The predicted octanol–water partition coefficient (Wildman–Crippen LogP) is 3.24. The largest absolute Gasteiger partial charge is 0.378 e. The predicted molar refractivity (Wildman–Crippen MR) is 91.7 cm³/mol. The Kier molecular flexibility index (Phi) is 3.12. The number of hydrogen-bond acceptors (Lipinski definition) is 3. The molecule has 4 aliphatic rings. The van der Waals surface area contributed by atoms with E-state index in [2.05, 4.69) is 47.4 Å². The zero-order valence-corrected chi connectivity index (χ0v) is 13.5. The molecule has 0 radical (unpaired) electrons. The van der Waals surface area contributed by atoms with Gasteiger partial charge in [-0.3, -0.25) is 4.99 Å². The summed E-state index contributed by atoms with van der Waals surface area (Å²) < 4.78 is 5.51. The van der Waals surface area contributed by atoms with E-state index < -0.39 is 0 Å². The minimum Gasteiger partial charge on any atom is -0.378 e. The van der Waals surface area contributed by atoms with E-state index in [1.54, 1.807) is 0 Å². The lowest BCUT2D eigenvalue weighted by molar-refractivity contribution is 0.0674. The van der Waals surface area contributed by atoms with Crippen LogP contribution in [0.15, 0.2) is 47.5 Å². The number of fused-ring (bicyclic) bond motifs is 3. The molecule has 2 aliphatic carbocycles. The molecular formula is C20H24N2O. The Hall–Kier alpha value is -1.61. The van der Waals surface area contributed by atoms with Crippen molar-refractivity contribution in [3.8, 4) is 0 Å². The number of rotatable bonds is 1. The van der Waals surface area contributed by atoms with E-state index in [0.29, 0.717) is 17.8 Å². The Bertz CT molecular complexity index is 647. The third-order valence-electron chi connectivity index (χ3n) is 6.35. The van der Waals surface area contributed by atoms with Gasteiger partial charge in [0.05, 0.1) is 24.6 Å². The molecule has 1 saturated heterocycles. The maximum absolute atomic E-state index is 5.51. The summed E-state index contributed by atoms with van der Waals surface area (Å²) in [7, 11) is 0. The van der Waals surface area contributed by atoms with Crippen molar-refractivity contribution in [3.63, 3.8) is 0 Å². The molecule has 1 aromatic rings. The lowest BCUT2D eigenvalue weighted by Gasteiger charge is -2.37.